The summed E-state index contributed by atoms with van der Waals surface area (Å²) in [6.07, 6.45) is 0. The van der Waals surface area contributed by atoms with E-state index >= 15 is 0 Å². The summed E-state index contributed by atoms with van der Waals surface area (Å²) in [5.41, 5.74) is 0. The maximum Gasteiger partial charge on any atom is 0.240 e. The Morgan fingerprint density at radius 2 is 1.96 bits per heavy atom. The van der Waals surface area contributed by atoms with Crippen molar-refractivity contribution in [2.75, 3.05) is 45.9 Å². The van der Waals surface area contributed by atoms with Crippen molar-refractivity contribution in [3.63, 3.8) is 0 Å². The largest absolute Gasteiger partial charge is 0.494 e. The number of rotatable bonds is 7. The monoisotopic (exact) mass is 385 g/mol. The lowest BCUT2D eigenvalue weighted by molar-refractivity contribution is 0.245. The molecule has 1 aliphatic heterocycles. The fourth-order valence-corrected chi connectivity index (χ4v) is 3.31. The molecule has 0 radical (unpaired) electrons. The topological polar surface area (TPSA) is 70.7 Å². The van der Waals surface area contributed by atoms with Crippen molar-refractivity contribution < 1.29 is 13.2 Å². The molecular weight excluding hydrogens is 361 g/mol. The first-order valence-electron chi connectivity index (χ1n) is 7.27. The van der Waals surface area contributed by atoms with Crippen molar-refractivity contribution in [1.29, 1.82) is 0 Å². The summed E-state index contributed by atoms with van der Waals surface area (Å²) >= 11 is 0. The van der Waals surface area contributed by atoms with E-state index in [0.717, 1.165) is 32.7 Å². The third kappa shape index (κ3) is 7.24. The van der Waals surface area contributed by atoms with Crippen LogP contribution in [0.4, 0.5) is 0 Å². The molecule has 0 saturated carbocycles. The van der Waals surface area contributed by atoms with Gasteiger partial charge in [0.15, 0.2) is 0 Å². The molecule has 0 aromatic heterocycles. The predicted octanol–water partition coefficient (Wildman–Crippen LogP) is 1.11. The molecule has 134 valence electrons. The van der Waals surface area contributed by atoms with Crippen molar-refractivity contribution in [1.82, 2.24) is 14.9 Å². The fraction of sp³-hybridized carbons (Fsp3) is 0.571. The lowest BCUT2D eigenvalue weighted by atomic mass is 10.3. The van der Waals surface area contributed by atoms with Crippen LogP contribution in [0.2, 0.25) is 0 Å². The lowest BCUT2D eigenvalue weighted by Gasteiger charge is -2.27. The van der Waals surface area contributed by atoms with Gasteiger partial charge in [0, 0.05) is 45.3 Å². The normalized spacial score (nSPS) is 15.3. The molecule has 6 nitrogen and oxygen atoms in total. The second-order valence-electron chi connectivity index (χ2n) is 4.90. The average molecular weight is 386 g/mol. The van der Waals surface area contributed by atoms with E-state index < -0.39 is 10.0 Å². The quantitative estimate of drug-likeness (QED) is 0.735. The Balaban J connectivity index is 0.00000242. The molecule has 1 aromatic carbocycles. The van der Waals surface area contributed by atoms with E-state index in [1.807, 2.05) is 6.92 Å². The molecule has 1 aliphatic rings. The van der Waals surface area contributed by atoms with Crippen LogP contribution >= 0.6 is 24.8 Å². The molecule has 1 heterocycles. The van der Waals surface area contributed by atoms with Gasteiger partial charge in [0.25, 0.3) is 0 Å². The zero-order valence-electron chi connectivity index (χ0n) is 13.2. The number of nitrogens with one attached hydrogen (secondary N) is 2. The number of hydrogen-bond donors (Lipinski definition) is 2. The fourth-order valence-electron chi connectivity index (χ4n) is 2.25. The maximum absolute atomic E-state index is 12.2. The third-order valence-electron chi connectivity index (χ3n) is 3.36. The molecule has 0 aliphatic carbocycles. The second-order valence-corrected chi connectivity index (χ2v) is 6.66. The highest BCUT2D eigenvalue weighted by molar-refractivity contribution is 7.89. The predicted molar refractivity (Wildman–Crippen MR) is 96.6 cm³/mol. The Morgan fingerprint density at radius 1 is 1.26 bits per heavy atom. The van der Waals surface area contributed by atoms with E-state index in [1.165, 1.54) is 0 Å². The van der Waals surface area contributed by atoms with E-state index in [4.69, 9.17) is 4.74 Å². The van der Waals surface area contributed by atoms with Crippen LogP contribution in [0.25, 0.3) is 0 Å². The SMILES string of the molecule is CCOc1cccc(S(=O)(=O)NCCN2CCNCC2)c1.Cl.Cl. The molecule has 2 rings (SSSR count). The second kappa shape index (κ2) is 11.1. The number of halogens is 2. The van der Waals surface area contributed by atoms with E-state index in [1.54, 1.807) is 24.3 Å². The van der Waals surface area contributed by atoms with Crippen LogP contribution in [0.5, 0.6) is 5.75 Å². The first kappa shape index (κ1) is 22.4. The van der Waals surface area contributed by atoms with Crippen molar-refractivity contribution in [3.8, 4) is 5.75 Å². The van der Waals surface area contributed by atoms with Crippen LogP contribution in [0, 0.1) is 0 Å². The van der Waals surface area contributed by atoms with Gasteiger partial charge in [-0.1, -0.05) is 6.07 Å². The summed E-state index contributed by atoms with van der Waals surface area (Å²) < 4.78 is 32.4. The summed E-state index contributed by atoms with van der Waals surface area (Å²) in [5, 5.41) is 3.27. The Bertz CT molecular complexity index is 552. The van der Waals surface area contributed by atoms with Gasteiger partial charge in [0.1, 0.15) is 5.75 Å². The van der Waals surface area contributed by atoms with Crippen molar-refractivity contribution in [2.45, 2.75) is 11.8 Å². The smallest absolute Gasteiger partial charge is 0.240 e. The van der Waals surface area contributed by atoms with Crippen molar-refractivity contribution in [2.24, 2.45) is 0 Å². The van der Waals surface area contributed by atoms with Crippen LogP contribution in [0.15, 0.2) is 29.2 Å². The van der Waals surface area contributed by atoms with E-state index in [-0.39, 0.29) is 29.7 Å². The molecule has 0 amide bonds. The highest BCUT2D eigenvalue weighted by Crippen LogP contribution is 2.17. The van der Waals surface area contributed by atoms with Crippen LogP contribution < -0.4 is 14.8 Å². The summed E-state index contributed by atoms with van der Waals surface area (Å²) in [5.74, 6) is 0.572. The summed E-state index contributed by atoms with van der Waals surface area (Å²) in [4.78, 5) is 2.49. The number of nitrogens with zero attached hydrogens (tertiary/aromatic N) is 1. The zero-order chi connectivity index (χ0) is 15.1. The molecule has 1 aromatic rings. The highest BCUT2D eigenvalue weighted by Gasteiger charge is 2.15. The number of ether oxygens (including phenoxy) is 1. The first-order chi connectivity index (χ1) is 10.1. The Hall–Kier alpha value is -0.570. The maximum atomic E-state index is 12.2. The van der Waals surface area contributed by atoms with E-state index in [0.29, 0.717) is 18.9 Å². The van der Waals surface area contributed by atoms with Crippen molar-refractivity contribution >= 4 is 34.8 Å². The van der Waals surface area contributed by atoms with Gasteiger partial charge in [-0.3, -0.25) is 4.90 Å². The Labute approximate surface area is 150 Å². The number of sulfonamides is 1. The minimum atomic E-state index is -3.47. The van der Waals surface area contributed by atoms with E-state index in [2.05, 4.69) is 14.9 Å². The van der Waals surface area contributed by atoms with Gasteiger partial charge < -0.3 is 10.1 Å². The molecule has 1 fully saturated rings. The molecule has 0 bridgehead atoms. The van der Waals surface area contributed by atoms with Gasteiger partial charge in [0.2, 0.25) is 10.0 Å². The first-order valence-corrected chi connectivity index (χ1v) is 8.76. The lowest BCUT2D eigenvalue weighted by Crippen LogP contribution is -2.46. The molecular formula is C14H25Cl2N3O3S. The molecule has 0 spiro atoms. The third-order valence-corrected chi connectivity index (χ3v) is 4.82. The zero-order valence-corrected chi connectivity index (χ0v) is 15.6. The molecule has 0 atom stereocenters. The van der Waals surface area contributed by atoms with Gasteiger partial charge in [-0.15, -0.1) is 24.8 Å². The Morgan fingerprint density at radius 3 is 2.61 bits per heavy atom. The van der Waals surface area contributed by atoms with Gasteiger partial charge >= 0.3 is 0 Å². The van der Waals surface area contributed by atoms with Gasteiger partial charge in [-0.05, 0) is 19.1 Å². The molecule has 0 unspecified atom stereocenters. The Kier molecular flexibility index (Phi) is 10.8. The van der Waals surface area contributed by atoms with Crippen LogP contribution in [0.3, 0.4) is 0 Å². The van der Waals surface area contributed by atoms with Gasteiger partial charge in [0.05, 0.1) is 11.5 Å². The average Bonchev–Trinajstić information content (AvgIpc) is 2.49. The van der Waals surface area contributed by atoms with E-state index in [9.17, 15) is 8.42 Å². The molecule has 1 saturated heterocycles. The van der Waals surface area contributed by atoms with Crippen molar-refractivity contribution in [3.05, 3.63) is 24.3 Å². The highest BCUT2D eigenvalue weighted by atomic mass is 35.5. The van der Waals surface area contributed by atoms with Gasteiger partial charge in [-0.2, -0.15) is 0 Å². The number of benzene rings is 1. The number of hydrogen-bond acceptors (Lipinski definition) is 5. The molecule has 9 heteroatoms. The molecule has 23 heavy (non-hydrogen) atoms. The standard InChI is InChI=1S/C14H23N3O3S.2ClH/c1-2-20-13-4-3-5-14(12-13)21(18,19)16-8-11-17-9-6-15-7-10-17;;/h3-5,12,15-16H,2,6-11H2,1H3;2*1H. The van der Waals surface area contributed by atoms with Crippen LogP contribution in [-0.2, 0) is 10.0 Å². The van der Waals surface area contributed by atoms with Gasteiger partial charge in [-0.25, -0.2) is 13.1 Å². The van der Waals surface area contributed by atoms with Crippen LogP contribution in [-0.4, -0.2) is 59.2 Å². The van der Waals surface area contributed by atoms with Crippen LogP contribution in [0.1, 0.15) is 6.92 Å². The summed E-state index contributed by atoms with van der Waals surface area (Å²) in [7, 11) is -3.47. The minimum absolute atomic E-state index is 0. The molecule has 2 N–H and O–H groups in total. The summed E-state index contributed by atoms with van der Waals surface area (Å²) in [6.45, 7) is 7.37. The number of piperazine rings is 1. The summed E-state index contributed by atoms with van der Waals surface area (Å²) in [6, 6.07) is 6.57. The minimum Gasteiger partial charge on any atom is -0.494 e.